The van der Waals surface area contributed by atoms with E-state index in [4.69, 9.17) is 4.74 Å². The van der Waals surface area contributed by atoms with Gasteiger partial charge in [0.15, 0.2) is 0 Å². The first-order chi connectivity index (χ1) is 11.0. The number of allylic oxidation sites excluding steroid dienone is 5. The number of likely N-dealkylation sites (tertiary alicyclic amines) is 1. The molecule has 0 radical (unpaired) electrons. The number of nitrogens with zero attached hydrogens (tertiary/aromatic N) is 1. The van der Waals surface area contributed by atoms with E-state index >= 15 is 0 Å². The van der Waals surface area contributed by atoms with Crippen LogP contribution in [0.15, 0.2) is 46.6 Å². The van der Waals surface area contributed by atoms with Crippen LogP contribution in [-0.2, 0) is 14.3 Å². The number of ketones is 2. The largest absolute Gasteiger partial charge is 0.484 e. The maximum atomic E-state index is 12.4. The molecule has 0 amide bonds. The number of carbonyl (C=O) groups excluding carboxylic acids is 2. The number of piperidine rings is 1. The summed E-state index contributed by atoms with van der Waals surface area (Å²) in [5.41, 5.74) is 0.872. The number of thioether (sulfide) groups is 1. The van der Waals surface area contributed by atoms with E-state index in [1.54, 1.807) is 6.08 Å². The van der Waals surface area contributed by atoms with Crippen molar-refractivity contribution >= 4 is 23.3 Å². The van der Waals surface area contributed by atoms with E-state index in [0.29, 0.717) is 16.2 Å². The summed E-state index contributed by atoms with van der Waals surface area (Å²) in [6.07, 6.45) is 6.86. The van der Waals surface area contributed by atoms with Crippen molar-refractivity contribution < 1.29 is 14.3 Å². The quantitative estimate of drug-likeness (QED) is 0.546. The molecule has 2 aliphatic heterocycles. The van der Waals surface area contributed by atoms with E-state index < -0.39 is 11.6 Å². The third-order valence-electron chi connectivity index (χ3n) is 4.67. The molecule has 122 valence electrons. The molecule has 0 atom stereocenters. The molecule has 0 bridgehead atoms. The highest BCUT2D eigenvalue weighted by Gasteiger charge is 2.46. The van der Waals surface area contributed by atoms with Crippen molar-refractivity contribution in [2.45, 2.75) is 25.4 Å². The molecule has 5 heteroatoms. The van der Waals surface area contributed by atoms with Crippen LogP contribution in [0.2, 0.25) is 0 Å². The van der Waals surface area contributed by atoms with Crippen molar-refractivity contribution in [1.29, 1.82) is 0 Å². The minimum atomic E-state index is -0.466. The highest BCUT2D eigenvalue weighted by Crippen LogP contribution is 2.46. The van der Waals surface area contributed by atoms with E-state index in [2.05, 4.69) is 18.5 Å². The fraction of sp³-hybridized carbons (Fsp3) is 0.444. The van der Waals surface area contributed by atoms with Gasteiger partial charge in [-0.1, -0.05) is 24.8 Å². The standard InChI is InChI=1S/C18H21NO3S/c1-4-6-13-12(5-2)16-17(15(21)14(13)20)23-11-18(22-16)7-9-19(3)10-8-18/h4-6H,1,7-11H2,2-3H3/b12-5+,13-6+. The summed E-state index contributed by atoms with van der Waals surface area (Å²) < 4.78 is 6.38. The molecule has 1 aliphatic carbocycles. The molecule has 0 aromatic carbocycles. The number of hydrogen-bond donors (Lipinski definition) is 0. The molecule has 0 unspecified atom stereocenters. The molecule has 0 aromatic rings. The second-order valence-electron chi connectivity index (χ2n) is 6.21. The number of carbonyl (C=O) groups is 2. The van der Waals surface area contributed by atoms with E-state index in [-0.39, 0.29) is 5.60 Å². The van der Waals surface area contributed by atoms with Gasteiger partial charge in [0.2, 0.25) is 11.6 Å². The van der Waals surface area contributed by atoms with Crippen LogP contribution in [0, 0.1) is 0 Å². The Labute approximate surface area is 140 Å². The first-order valence-corrected chi connectivity index (χ1v) is 8.83. The van der Waals surface area contributed by atoms with Crippen molar-refractivity contribution in [3.63, 3.8) is 0 Å². The summed E-state index contributed by atoms with van der Waals surface area (Å²) in [5.74, 6) is 0.403. The predicted octanol–water partition coefficient (Wildman–Crippen LogP) is 2.64. The summed E-state index contributed by atoms with van der Waals surface area (Å²) in [6.45, 7) is 7.47. The van der Waals surface area contributed by atoms with E-state index in [1.165, 1.54) is 17.8 Å². The Morgan fingerprint density at radius 1 is 1.22 bits per heavy atom. The maximum Gasteiger partial charge on any atom is 0.243 e. The van der Waals surface area contributed by atoms with Crippen LogP contribution in [-0.4, -0.2) is 48.0 Å². The maximum absolute atomic E-state index is 12.4. The lowest BCUT2D eigenvalue weighted by Crippen LogP contribution is -2.49. The number of hydrogen-bond acceptors (Lipinski definition) is 5. The Kier molecular flexibility index (Phi) is 4.34. The molecular weight excluding hydrogens is 310 g/mol. The van der Waals surface area contributed by atoms with Crippen LogP contribution in [0.5, 0.6) is 0 Å². The summed E-state index contributed by atoms with van der Waals surface area (Å²) in [4.78, 5) is 27.5. The number of rotatable bonds is 1. The van der Waals surface area contributed by atoms with Crippen LogP contribution in [0.3, 0.4) is 0 Å². The van der Waals surface area contributed by atoms with Gasteiger partial charge >= 0.3 is 0 Å². The van der Waals surface area contributed by atoms with Gasteiger partial charge in [-0.05, 0) is 14.0 Å². The second-order valence-corrected chi connectivity index (χ2v) is 7.20. The molecule has 1 saturated heterocycles. The lowest BCUT2D eigenvalue weighted by atomic mass is 9.88. The topological polar surface area (TPSA) is 46.6 Å². The minimum Gasteiger partial charge on any atom is -0.484 e. The first kappa shape index (κ1) is 16.3. The van der Waals surface area contributed by atoms with Crippen molar-refractivity contribution in [2.24, 2.45) is 0 Å². The normalized spacial score (nSPS) is 28.3. The summed E-state index contributed by atoms with van der Waals surface area (Å²) >= 11 is 1.48. The molecule has 3 rings (SSSR count). The highest BCUT2D eigenvalue weighted by atomic mass is 32.2. The molecule has 23 heavy (non-hydrogen) atoms. The Balaban J connectivity index is 2.01. The van der Waals surface area contributed by atoms with Gasteiger partial charge in [0, 0.05) is 42.8 Å². The van der Waals surface area contributed by atoms with Gasteiger partial charge in [0.1, 0.15) is 16.3 Å². The Bertz CT molecular complexity index is 664. The van der Waals surface area contributed by atoms with Crippen LogP contribution < -0.4 is 0 Å². The summed E-state index contributed by atoms with van der Waals surface area (Å²) in [5, 5.41) is 0. The van der Waals surface area contributed by atoms with Gasteiger partial charge in [-0.2, -0.15) is 0 Å². The molecule has 0 aromatic heterocycles. The van der Waals surface area contributed by atoms with Crippen LogP contribution >= 0.6 is 11.8 Å². The molecule has 2 heterocycles. The van der Waals surface area contributed by atoms with Crippen LogP contribution in [0.25, 0.3) is 0 Å². The zero-order chi connectivity index (χ0) is 16.6. The fourth-order valence-electron chi connectivity index (χ4n) is 3.22. The fourth-order valence-corrected chi connectivity index (χ4v) is 4.48. The van der Waals surface area contributed by atoms with Crippen molar-refractivity contribution in [1.82, 2.24) is 4.90 Å². The average Bonchev–Trinajstić information content (AvgIpc) is 2.56. The zero-order valence-corrected chi connectivity index (χ0v) is 14.4. The molecule has 0 N–H and O–H groups in total. The molecule has 0 saturated carbocycles. The first-order valence-electron chi connectivity index (χ1n) is 7.85. The Morgan fingerprint density at radius 2 is 1.91 bits per heavy atom. The molecular formula is C18H21NO3S. The Hall–Kier alpha value is -1.59. The molecule has 1 spiro atoms. The molecule has 4 nitrogen and oxygen atoms in total. The van der Waals surface area contributed by atoms with Gasteiger partial charge in [-0.15, -0.1) is 11.8 Å². The molecule has 1 fully saturated rings. The van der Waals surface area contributed by atoms with E-state index in [0.717, 1.165) is 37.3 Å². The lowest BCUT2D eigenvalue weighted by molar-refractivity contribution is -0.132. The average molecular weight is 331 g/mol. The van der Waals surface area contributed by atoms with E-state index in [9.17, 15) is 9.59 Å². The van der Waals surface area contributed by atoms with Gasteiger partial charge in [-0.3, -0.25) is 9.59 Å². The van der Waals surface area contributed by atoms with Gasteiger partial charge < -0.3 is 9.64 Å². The SMILES string of the molecule is C=C/C=C1/C(=O)C(=O)C2=C(OC3(CCN(C)CC3)CS2)/C1=C/C. The van der Waals surface area contributed by atoms with Crippen molar-refractivity contribution in [2.75, 3.05) is 25.9 Å². The van der Waals surface area contributed by atoms with E-state index in [1.807, 2.05) is 13.0 Å². The second kappa shape index (κ2) is 6.13. The number of ether oxygens (including phenoxy) is 1. The predicted molar refractivity (Wildman–Crippen MR) is 92.1 cm³/mol. The third-order valence-corrected chi connectivity index (χ3v) is 6.00. The summed E-state index contributed by atoms with van der Waals surface area (Å²) in [6, 6.07) is 0. The monoisotopic (exact) mass is 331 g/mol. The third kappa shape index (κ3) is 2.72. The number of Topliss-reactive ketones (excluding diaryl/α,β-unsaturated/α-hetero) is 2. The van der Waals surface area contributed by atoms with Gasteiger partial charge in [0.25, 0.3) is 0 Å². The molecule has 3 aliphatic rings. The van der Waals surface area contributed by atoms with Crippen LogP contribution in [0.4, 0.5) is 0 Å². The van der Waals surface area contributed by atoms with Crippen molar-refractivity contribution in [3.05, 3.63) is 46.6 Å². The van der Waals surface area contributed by atoms with Gasteiger partial charge in [0.05, 0.1) is 0 Å². The highest BCUT2D eigenvalue weighted by molar-refractivity contribution is 8.04. The smallest absolute Gasteiger partial charge is 0.243 e. The van der Waals surface area contributed by atoms with Crippen molar-refractivity contribution in [3.8, 4) is 0 Å². The summed E-state index contributed by atoms with van der Waals surface area (Å²) in [7, 11) is 2.11. The van der Waals surface area contributed by atoms with Gasteiger partial charge in [-0.25, -0.2) is 0 Å². The zero-order valence-electron chi connectivity index (χ0n) is 13.6. The van der Waals surface area contributed by atoms with Crippen LogP contribution in [0.1, 0.15) is 19.8 Å². The minimum absolute atomic E-state index is 0.232. The lowest BCUT2D eigenvalue weighted by Gasteiger charge is -2.45. The Morgan fingerprint density at radius 3 is 2.52 bits per heavy atom.